The number of rotatable bonds is 5. The lowest BCUT2D eigenvalue weighted by Gasteiger charge is -2.19. The molecule has 9 nitrogen and oxygen atoms in total. The number of aryl methyl sites for hydroxylation is 2. The summed E-state index contributed by atoms with van der Waals surface area (Å²) in [6.45, 7) is 2.01. The van der Waals surface area contributed by atoms with Gasteiger partial charge in [0.15, 0.2) is 5.03 Å². The Morgan fingerprint density at radius 3 is 2.82 bits per heavy atom. The smallest absolute Gasteiger partial charge is 0.306 e. The molecule has 3 heterocycles. The summed E-state index contributed by atoms with van der Waals surface area (Å²) >= 11 is 0. The van der Waals surface area contributed by atoms with E-state index in [9.17, 15) is 13.2 Å². The highest BCUT2D eigenvalue weighted by atomic mass is 32.2. The van der Waals surface area contributed by atoms with Crippen LogP contribution in [-0.2, 0) is 22.9 Å². The number of nitrogens with one attached hydrogen (secondary N) is 2. The van der Waals surface area contributed by atoms with Crippen molar-refractivity contribution < 1.29 is 13.2 Å². The van der Waals surface area contributed by atoms with Gasteiger partial charge in [0.1, 0.15) is 0 Å². The first kappa shape index (κ1) is 20.9. The Hall–Kier alpha value is -3.66. The van der Waals surface area contributed by atoms with E-state index >= 15 is 0 Å². The van der Waals surface area contributed by atoms with Crippen molar-refractivity contribution in [3.8, 4) is 11.1 Å². The van der Waals surface area contributed by atoms with Crippen LogP contribution < -0.4 is 10.0 Å². The number of aromatic nitrogens is 4. The van der Waals surface area contributed by atoms with Gasteiger partial charge < -0.3 is 5.32 Å². The molecule has 3 aromatic heterocycles. The van der Waals surface area contributed by atoms with E-state index in [1.165, 1.54) is 11.6 Å². The molecule has 0 radical (unpaired) electrons. The average molecular weight is 477 g/mol. The maximum atomic E-state index is 13.0. The Labute approximate surface area is 196 Å². The number of pyridine rings is 1. The van der Waals surface area contributed by atoms with Gasteiger partial charge in [0.2, 0.25) is 0 Å². The number of sulfonamides is 1. The fraction of sp³-hybridized carbons (Fsp3) is 0.292. The minimum Gasteiger partial charge on any atom is -0.306 e. The van der Waals surface area contributed by atoms with E-state index in [4.69, 9.17) is 0 Å². The highest BCUT2D eigenvalue weighted by Crippen LogP contribution is 2.40. The zero-order valence-corrected chi connectivity index (χ0v) is 19.5. The van der Waals surface area contributed by atoms with E-state index in [-0.39, 0.29) is 11.1 Å². The maximum absolute atomic E-state index is 13.0. The van der Waals surface area contributed by atoms with Crippen LogP contribution in [0.25, 0.3) is 16.6 Å². The first-order chi connectivity index (χ1) is 16.4. The van der Waals surface area contributed by atoms with Gasteiger partial charge in [0.05, 0.1) is 17.2 Å². The van der Waals surface area contributed by atoms with Crippen LogP contribution in [0.5, 0.6) is 0 Å². The average Bonchev–Trinajstić information content (AvgIpc) is 3.19. The molecule has 2 aliphatic carbocycles. The standard InChI is InChI=1S/C24H24N6O3S/c1-15-13-16-3-2-4-20(16)23(22(15)17-5-6-19-9-11-25-30(19)14-17)26-24(31)28-34(32,33)21-10-12-29(27-21)18-7-8-18/h5-6,9-14,18H,2-4,7-8H2,1H3,(H2,26,28,31). The molecule has 2 aliphatic rings. The van der Waals surface area contributed by atoms with Gasteiger partial charge in [0.25, 0.3) is 10.0 Å². The fourth-order valence-corrected chi connectivity index (χ4v) is 5.63. The first-order valence-electron chi connectivity index (χ1n) is 11.4. The second kappa shape index (κ2) is 7.69. The molecule has 34 heavy (non-hydrogen) atoms. The summed E-state index contributed by atoms with van der Waals surface area (Å²) in [5.74, 6) is 0. The molecule has 6 rings (SSSR count). The third-order valence-electron chi connectivity index (χ3n) is 6.53. The van der Waals surface area contributed by atoms with E-state index in [1.807, 2.05) is 31.3 Å². The molecule has 174 valence electrons. The lowest BCUT2D eigenvalue weighted by Crippen LogP contribution is -2.35. The molecule has 0 unspecified atom stereocenters. The van der Waals surface area contributed by atoms with E-state index in [2.05, 4.69) is 26.3 Å². The van der Waals surface area contributed by atoms with E-state index in [0.717, 1.165) is 59.9 Å². The third-order valence-corrected chi connectivity index (χ3v) is 7.75. The summed E-state index contributed by atoms with van der Waals surface area (Å²) in [6.07, 6.45) is 10.0. The van der Waals surface area contributed by atoms with Crippen molar-refractivity contribution in [2.45, 2.75) is 50.1 Å². The van der Waals surface area contributed by atoms with Crippen LogP contribution in [-0.4, -0.2) is 33.8 Å². The zero-order chi connectivity index (χ0) is 23.4. The van der Waals surface area contributed by atoms with Crippen LogP contribution in [0.15, 0.2) is 53.9 Å². The van der Waals surface area contributed by atoms with Crippen molar-refractivity contribution in [3.05, 3.63) is 65.6 Å². The molecule has 2 N–H and O–H groups in total. The van der Waals surface area contributed by atoms with Crippen molar-refractivity contribution in [2.75, 3.05) is 5.32 Å². The second-order valence-electron chi connectivity index (χ2n) is 8.98. The monoisotopic (exact) mass is 476 g/mol. The SMILES string of the molecule is Cc1cc2c(c(NC(=O)NS(=O)(=O)c3ccn(C4CC4)n3)c1-c1ccc3ccnn3c1)CCC2. The number of fused-ring (bicyclic) bond motifs is 2. The van der Waals surface area contributed by atoms with E-state index in [1.54, 1.807) is 21.6 Å². The van der Waals surface area contributed by atoms with E-state index in [0.29, 0.717) is 5.69 Å². The van der Waals surface area contributed by atoms with Gasteiger partial charge in [-0.25, -0.2) is 14.0 Å². The minimum absolute atomic E-state index is 0.159. The van der Waals surface area contributed by atoms with Gasteiger partial charge in [-0.05, 0) is 73.9 Å². The van der Waals surface area contributed by atoms with Crippen LogP contribution in [0.2, 0.25) is 0 Å². The van der Waals surface area contributed by atoms with Gasteiger partial charge in [-0.2, -0.15) is 18.6 Å². The first-order valence-corrected chi connectivity index (χ1v) is 12.9. The largest absolute Gasteiger partial charge is 0.333 e. The second-order valence-corrected chi connectivity index (χ2v) is 10.6. The Bertz CT molecular complexity index is 1550. The highest BCUT2D eigenvalue weighted by molar-refractivity contribution is 7.90. The number of benzene rings is 1. The molecule has 1 aromatic carbocycles. The number of amides is 2. The summed E-state index contributed by atoms with van der Waals surface area (Å²) in [4.78, 5) is 13.0. The van der Waals surface area contributed by atoms with Crippen LogP contribution in [0, 0.1) is 6.92 Å². The van der Waals surface area contributed by atoms with Gasteiger partial charge in [-0.1, -0.05) is 12.1 Å². The Balaban J connectivity index is 1.35. The lowest BCUT2D eigenvalue weighted by molar-refractivity contribution is 0.256. The molecule has 1 fully saturated rings. The molecule has 2 amide bonds. The molecule has 10 heteroatoms. The number of nitrogens with zero attached hydrogens (tertiary/aromatic N) is 4. The van der Waals surface area contributed by atoms with Crippen molar-refractivity contribution in [2.24, 2.45) is 0 Å². The number of anilines is 1. The van der Waals surface area contributed by atoms with Crippen LogP contribution in [0.3, 0.4) is 0 Å². The summed E-state index contributed by atoms with van der Waals surface area (Å²) in [6, 6.07) is 8.91. The number of carbonyl (C=O) groups excluding carboxylic acids is 1. The zero-order valence-electron chi connectivity index (χ0n) is 18.7. The fourth-order valence-electron chi connectivity index (χ4n) is 4.79. The van der Waals surface area contributed by atoms with Crippen LogP contribution in [0.1, 0.15) is 42.0 Å². The quantitative estimate of drug-likeness (QED) is 0.455. The van der Waals surface area contributed by atoms with Gasteiger partial charge in [0, 0.05) is 29.7 Å². The van der Waals surface area contributed by atoms with Gasteiger partial charge >= 0.3 is 6.03 Å². The molecule has 0 aliphatic heterocycles. The normalized spacial score (nSPS) is 15.4. The molecule has 0 spiro atoms. The molecule has 4 aromatic rings. The van der Waals surface area contributed by atoms with E-state index < -0.39 is 16.1 Å². The summed E-state index contributed by atoms with van der Waals surface area (Å²) in [7, 11) is -4.10. The Morgan fingerprint density at radius 2 is 2.00 bits per heavy atom. The summed E-state index contributed by atoms with van der Waals surface area (Å²) in [5, 5.41) is 11.2. The number of hydrogen-bond acceptors (Lipinski definition) is 5. The molecular weight excluding hydrogens is 452 g/mol. The molecule has 1 saturated carbocycles. The Morgan fingerprint density at radius 1 is 1.15 bits per heavy atom. The predicted octanol–water partition coefficient (Wildman–Crippen LogP) is 3.84. The minimum atomic E-state index is -4.10. The van der Waals surface area contributed by atoms with Gasteiger partial charge in [-0.3, -0.25) is 4.68 Å². The summed E-state index contributed by atoms with van der Waals surface area (Å²) < 4.78 is 31.2. The van der Waals surface area contributed by atoms with Crippen LogP contribution in [0.4, 0.5) is 10.5 Å². The third kappa shape index (κ3) is 3.63. The molecule has 0 bridgehead atoms. The Kier molecular flexibility index (Phi) is 4.73. The summed E-state index contributed by atoms with van der Waals surface area (Å²) in [5.41, 5.74) is 6.61. The maximum Gasteiger partial charge on any atom is 0.333 e. The number of hydrogen-bond donors (Lipinski definition) is 2. The van der Waals surface area contributed by atoms with Crippen molar-refractivity contribution in [1.29, 1.82) is 0 Å². The lowest BCUT2D eigenvalue weighted by atomic mass is 9.93. The molecule has 0 atom stereocenters. The molecular formula is C24H24N6O3S. The number of carbonyl (C=O) groups is 1. The van der Waals surface area contributed by atoms with Crippen molar-refractivity contribution >= 4 is 27.3 Å². The topological polar surface area (TPSA) is 110 Å². The van der Waals surface area contributed by atoms with Crippen molar-refractivity contribution in [1.82, 2.24) is 24.1 Å². The molecule has 0 saturated heterocycles. The van der Waals surface area contributed by atoms with Crippen molar-refractivity contribution in [3.63, 3.8) is 0 Å². The predicted molar refractivity (Wildman–Crippen MR) is 127 cm³/mol. The number of urea groups is 1. The highest BCUT2D eigenvalue weighted by Gasteiger charge is 2.28. The van der Waals surface area contributed by atoms with Crippen LogP contribution >= 0.6 is 0 Å². The van der Waals surface area contributed by atoms with Gasteiger partial charge in [-0.15, -0.1) is 0 Å².